The second-order valence-electron chi connectivity index (χ2n) is 4.40. The van der Waals surface area contributed by atoms with E-state index in [2.05, 4.69) is 16.0 Å². The van der Waals surface area contributed by atoms with Gasteiger partial charge in [0.25, 0.3) is 5.91 Å². The molecule has 0 aliphatic rings. The summed E-state index contributed by atoms with van der Waals surface area (Å²) in [7, 11) is 1.63. The summed E-state index contributed by atoms with van der Waals surface area (Å²) in [5.41, 5.74) is 0.350. The van der Waals surface area contributed by atoms with Crippen molar-refractivity contribution >= 4 is 35.0 Å². The molecule has 122 valence electrons. The van der Waals surface area contributed by atoms with Crippen molar-refractivity contribution in [1.29, 1.82) is 0 Å². The molecule has 0 aliphatic heterocycles. The Morgan fingerprint density at radius 3 is 2.55 bits per heavy atom. The van der Waals surface area contributed by atoms with Crippen molar-refractivity contribution in [3.05, 3.63) is 33.8 Å². The van der Waals surface area contributed by atoms with Crippen LogP contribution < -0.4 is 16.0 Å². The Morgan fingerprint density at radius 2 is 1.86 bits per heavy atom. The van der Waals surface area contributed by atoms with E-state index in [1.54, 1.807) is 13.2 Å². The predicted molar refractivity (Wildman–Crippen MR) is 86.6 cm³/mol. The van der Waals surface area contributed by atoms with Crippen molar-refractivity contribution in [2.45, 2.75) is 0 Å². The molecule has 0 aliphatic carbocycles. The standard InChI is InChI=1S/C14H19Cl2N3O3/c1-22-7-6-17-4-5-18-13(20)9-19-14(21)10-2-3-11(15)12(16)8-10/h2-3,8,17H,4-7,9H2,1H3,(H,18,20)(H,19,21). The molecule has 0 atom stereocenters. The minimum atomic E-state index is -0.382. The maximum absolute atomic E-state index is 11.8. The Balaban J connectivity index is 2.23. The van der Waals surface area contributed by atoms with Crippen LogP contribution in [0.2, 0.25) is 10.0 Å². The smallest absolute Gasteiger partial charge is 0.251 e. The van der Waals surface area contributed by atoms with Gasteiger partial charge < -0.3 is 20.7 Å². The van der Waals surface area contributed by atoms with Gasteiger partial charge in [-0.1, -0.05) is 23.2 Å². The highest BCUT2D eigenvalue weighted by atomic mass is 35.5. The fraction of sp³-hybridized carbons (Fsp3) is 0.429. The average Bonchev–Trinajstić information content (AvgIpc) is 2.51. The Bertz CT molecular complexity index is 512. The third kappa shape index (κ3) is 7.09. The first kappa shape index (κ1) is 18.7. The van der Waals surface area contributed by atoms with Crippen molar-refractivity contribution in [3.8, 4) is 0 Å². The maximum Gasteiger partial charge on any atom is 0.251 e. The van der Waals surface area contributed by atoms with Gasteiger partial charge >= 0.3 is 0 Å². The summed E-state index contributed by atoms with van der Waals surface area (Å²) in [6.07, 6.45) is 0. The van der Waals surface area contributed by atoms with Gasteiger partial charge in [0.15, 0.2) is 0 Å². The van der Waals surface area contributed by atoms with Crippen LogP contribution in [0.4, 0.5) is 0 Å². The molecule has 6 nitrogen and oxygen atoms in total. The van der Waals surface area contributed by atoms with E-state index in [0.29, 0.717) is 35.3 Å². The first-order chi connectivity index (χ1) is 10.5. The van der Waals surface area contributed by atoms with Crippen LogP contribution >= 0.6 is 23.2 Å². The Kier molecular flexibility index (Phi) is 8.84. The number of halogens is 2. The summed E-state index contributed by atoms with van der Waals surface area (Å²) < 4.78 is 4.88. The SMILES string of the molecule is COCCNCCNC(=O)CNC(=O)c1ccc(Cl)c(Cl)c1. The predicted octanol–water partition coefficient (Wildman–Crippen LogP) is 1.08. The molecular formula is C14H19Cl2N3O3. The van der Waals surface area contributed by atoms with Crippen molar-refractivity contribution in [2.24, 2.45) is 0 Å². The fourth-order valence-corrected chi connectivity index (χ4v) is 1.85. The van der Waals surface area contributed by atoms with Gasteiger partial charge in [0.05, 0.1) is 23.2 Å². The van der Waals surface area contributed by atoms with Crippen molar-refractivity contribution in [1.82, 2.24) is 16.0 Å². The molecule has 0 aromatic heterocycles. The minimum Gasteiger partial charge on any atom is -0.383 e. The van der Waals surface area contributed by atoms with Crippen LogP contribution in [0.1, 0.15) is 10.4 Å². The quantitative estimate of drug-likeness (QED) is 0.584. The summed E-state index contributed by atoms with van der Waals surface area (Å²) in [4.78, 5) is 23.4. The number of carbonyl (C=O) groups excluding carboxylic acids is 2. The average molecular weight is 348 g/mol. The topological polar surface area (TPSA) is 79.5 Å². The van der Waals surface area contributed by atoms with Gasteiger partial charge in [0.1, 0.15) is 0 Å². The van der Waals surface area contributed by atoms with Crippen LogP contribution in [0.3, 0.4) is 0 Å². The lowest BCUT2D eigenvalue weighted by Gasteiger charge is -2.08. The number of hydrogen-bond acceptors (Lipinski definition) is 4. The van der Waals surface area contributed by atoms with E-state index >= 15 is 0 Å². The molecule has 0 unspecified atom stereocenters. The van der Waals surface area contributed by atoms with Gasteiger partial charge in [0.2, 0.25) is 5.91 Å². The molecule has 8 heteroatoms. The van der Waals surface area contributed by atoms with E-state index in [9.17, 15) is 9.59 Å². The van der Waals surface area contributed by atoms with E-state index in [0.717, 1.165) is 6.54 Å². The first-order valence-electron chi connectivity index (χ1n) is 6.74. The van der Waals surface area contributed by atoms with E-state index in [1.807, 2.05) is 0 Å². The van der Waals surface area contributed by atoms with Gasteiger partial charge in [-0.15, -0.1) is 0 Å². The third-order valence-electron chi connectivity index (χ3n) is 2.70. The molecule has 0 bridgehead atoms. The summed E-state index contributed by atoms with van der Waals surface area (Å²) in [6, 6.07) is 4.53. The number of methoxy groups -OCH3 is 1. The van der Waals surface area contributed by atoms with Crippen molar-refractivity contribution in [3.63, 3.8) is 0 Å². The Hall–Kier alpha value is -1.34. The van der Waals surface area contributed by atoms with Crippen molar-refractivity contribution in [2.75, 3.05) is 39.9 Å². The maximum atomic E-state index is 11.8. The molecule has 1 aromatic rings. The lowest BCUT2D eigenvalue weighted by Crippen LogP contribution is -2.39. The second kappa shape index (κ2) is 10.4. The third-order valence-corrected chi connectivity index (χ3v) is 3.44. The molecule has 2 amide bonds. The number of carbonyl (C=O) groups is 2. The summed E-state index contributed by atoms with van der Waals surface area (Å²) >= 11 is 11.6. The van der Waals surface area contributed by atoms with Gasteiger partial charge in [-0.25, -0.2) is 0 Å². The van der Waals surface area contributed by atoms with E-state index in [4.69, 9.17) is 27.9 Å². The highest BCUT2D eigenvalue weighted by Crippen LogP contribution is 2.22. The lowest BCUT2D eigenvalue weighted by molar-refractivity contribution is -0.120. The van der Waals surface area contributed by atoms with Gasteiger partial charge in [0, 0.05) is 32.3 Å². The highest BCUT2D eigenvalue weighted by Gasteiger charge is 2.09. The van der Waals surface area contributed by atoms with Crippen LogP contribution in [-0.2, 0) is 9.53 Å². The number of amides is 2. The summed E-state index contributed by atoms with van der Waals surface area (Å²) in [5.74, 6) is -0.645. The zero-order valence-electron chi connectivity index (χ0n) is 12.2. The molecule has 0 radical (unpaired) electrons. The molecular weight excluding hydrogens is 329 g/mol. The molecule has 0 fully saturated rings. The van der Waals surface area contributed by atoms with E-state index < -0.39 is 0 Å². The van der Waals surface area contributed by atoms with Crippen LogP contribution in [0.25, 0.3) is 0 Å². The summed E-state index contributed by atoms with van der Waals surface area (Å²) in [5, 5.41) is 8.95. The van der Waals surface area contributed by atoms with Crippen LogP contribution in [0.5, 0.6) is 0 Å². The number of hydrogen-bond donors (Lipinski definition) is 3. The Morgan fingerprint density at radius 1 is 1.09 bits per heavy atom. The molecule has 3 N–H and O–H groups in total. The zero-order chi connectivity index (χ0) is 16.4. The number of rotatable bonds is 9. The van der Waals surface area contributed by atoms with Crippen molar-refractivity contribution < 1.29 is 14.3 Å². The molecule has 1 aromatic carbocycles. The second-order valence-corrected chi connectivity index (χ2v) is 5.22. The number of benzene rings is 1. The molecule has 1 rings (SSSR count). The highest BCUT2D eigenvalue weighted by molar-refractivity contribution is 6.42. The van der Waals surface area contributed by atoms with Gasteiger partial charge in [-0.2, -0.15) is 0 Å². The number of ether oxygens (including phenoxy) is 1. The molecule has 0 saturated carbocycles. The first-order valence-corrected chi connectivity index (χ1v) is 7.49. The normalized spacial score (nSPS) is 10.3. The molecule has 22 heavy (non-hydrogen) atoms. The van der Waals surface area contributed by atoms with Crippen LogP contribution in [0.15, 0.2) is 18.2 Å². The monoisotopic (exact) mass is 347 g/mol. The lowest BCUT2D eigenvalue weighted by atomic mass is 10.2. The molecule has 0 saturated heterocycles. The molecule has 0 heterocycles. The van der Waals surface area contributed by atoms with Crippen LogP contribution in [0, 0.1) is 0 Å². The summed E-state index contributed by atoms with van der Waals surface area (Å²) in [6.45, 7) is 2.35. The fourth-order valence-electron chi connectivity index (χ4n) is 1.55. The largest absolute Gasteiger partial charge is 0.383 e. The van der Waals surface area contributed by atoms with Gasteiger partial charge in [-0.05, 0) is 18.2 Å². The Labute approximate surface area is 139 Å². The van der Waals surface area contributed by atoms with Gasteiger partial charge in [-0.3, -0.25) is 9.59 Å². The number of nitrogens with one attached hydrogen (secondary N) is 3. The minimum absolute atomic E-state index is 0.100. The molecule has 0 spiro atoms. The van der Waals surface area contributed by atoms with E-state index in [1.165, 1.54) is 12.1 Å². The zero-order valence-corrected chi connectivity index (χ0v) is 13.8. The van der Waals surface area contributed by atoms with E-state index in [-0.39, 0.29) is 18.4 Å². The van der Waals surface area contributed by atoms with Crippen LogP contribution in [-0.4, -0.2) is 51.7 Å².